The third-order valence-electron chi connectivity index (χ3n) is 2.25. The molecule has 14 heavy (non-hydrogen) atoms. The number of methoxy groups -OCH3 is 1. The fraction of sp³-hybridized carbons (Fsp3) is 0.700. The second kappa shape index (κ2) is 4.28. The largest absolute Gasteiger partial charge is 0.377 e. The highest BCUT2D eigenvalue weighted by atomic mass is 32.1. The van der Waals surface area contributed by atoms with Crippen molar-refractivity contribution in [2.75, 3.05) is 19.0 Å². The number of hydrogen-bond donors (Lipinski definition) is 1. The van der Waals surface area contributed by atoms with E-state index in [0.29, 0.717) is 0 Å². The van der Waals surface area contributed by atoms with Crippen LogP contribution in [-0.4, -0.2) is 24.2 Å². The van der Waals surface area contributed by atoms with E-state index < -0.39 is 0 Å². The van der Waals surface area contributed by atoms with Gasteiger partial charge in [0.15, 0.2) is 5.13 Å². The van der Waals surface area contributed by atoms with Gasteiger partial charge in [-0.05, 0) is 27.7 Å². The van der Waals surface area contributed by atoms with Crippen LogP contribution in [0.4, 0.5) is 5.13 Å². The third kappa shape index (κ3) is 2.96. The smallest absolute Gasteiger partial charge is 0.183 e. The van der Waals surface area contributed by atoms with Crippen LogP contribution in [0.1, 0.15) is 24.4 Å². The van der Waals surface area contributed by atoms with Crippen LogP contribution in [0.25, 0.3) is 0 Å². The molecule has 0 atom stereocenters. The highest BCUT2D eigenvalue weighted by molar-refractivity contribution is 7.15. The van der Waals surface area contributed by atoms with E-state index in [9.17, 15) is 0 Å². The van der Waals surface area contributed by atoms with Gasteiger partial charge in [0.05, 0.1) is 11.3 Å². The predicted octanol–water partition coefficient (Wildman–Crippen LogP) is 2.60. The van der Waals surface area contributed by atoms with Gasteiger partial charge in [0.1, 0.15) is 0 Å². The molecule has 0 spiro atoms. The molecule has 0 bridgehead atoms. The number of ether oxygens (including phenoxy) is 1. The molecule has 0 saturated heterocycles. The van der Waals surface area contributed by atoms with Crippen LogP contribution in [0.5, 0.6) is 0 Å². The van der Waals surface area contributed by atoms with Crippen molar-refractivity contribution in [1.82, 2.24) is 4.98 Å². The number of thiazole rings is 1. The first kappa shape index (κ1) is 11.5. The monoisotopic (exact) mass is 214 g/mol. The summed E-state index contributed by atoms with van der Waals surface area (Å²) in [6, 6.07) is 0. The van der Waals surface area contributed by atoms with E-state index in [1.54, 1.807) is 18.4 Å². The van der Waals surface area contributed by atoms with Gasteiger partial charge in [-0.2, -0.15) is 0 Å². The van der Waals surface area contributed by atoms with E-state index >= 15 is 0 Å². The normalized spacial score (nSPS) is 11.8. The van der Waals surface area contributed by atoms with Crippen LogP contribution >= 0.6 is 11.3 Å². The zero-order valence-electron chi connectivity index (χ0n) is 9.47. The van der Waals surface area contributed by atoms with E-state index in [4.69, 9.17) is 4.74 Å². The number of nitrogens with one attached hydrogen (secondary N) is 1. The summed E-state index contributed by atoms with van der Waals surface area (Å²) in [5, 5.41) is 4.26. The molecule has 0 aliphatic heterocycles. The fourth-order valence-corrected chi connectivity index (χ4v) is 1.72. The van der Waals surface area contributed by atoms with Crippen molar-refractivity contribution in [3.8, 4) is 0 Å². The van der Waals surface area contributed by atoms with Crippen molar-refractivity contribution in [1.29, 1.82) is 0 Å². The van der Waals surface area contributed by atoms with Crippen molar-refractivity contribution in [2.45, 2.75) is 33.3 Å². The van der Waals surface area contributed by atoms with E-state index in [0.717, 1.165) is 17.4 Å². The number of nitrogens with zero attached hydrogens (tertiary/aromatic N) is 1. The summed E-state index contributed by atoms with van der Waals surface area (Å²) in [4.78, 5) is 5.67. The molecule has 0 fully saturated rings. The summed E-state index contributed by atoms with van der Waals surface area (Å²) < 4.78 is 5.31. The quantitative estimate of drug-likeness (QED) is 0.836. The van der Waals surface area contributed by atoms with Crippen LogP contribution in [-0.2, 0) is 4.74 Å². The SMILES string of the molecule is COC(C)(C)CNc1nc(C)c(C)s1. The maximum absolute atomic E-state index is 5.31. The summed E-state index contributed by atoms with van der Waals surface area (Å²) in [5.74, 6) is 0. The average Bonchev–Trinajstić information content (AvgIpc) is 2.44. The molecule has 0 unspecified atom stereocenters. The van der Waals surface area contributed by atoms with Crippen LogP contribution in [0.2, 0.25) is 0 Å². The van der Waals surface area contributed by atoms with Crippen LogP contribution in [0.15, 0.2) is 0 Å². The molecule has 0 radical (unpaired) electrons. The Bertz CT molecular complexity index is 288. The average molecular weight is 214 g/mol. The predicted molar refractivity (Wildman–Crippen MR) is 61.2 cm³/mol. The molecule has 80 valence electrons. The van der Waals surface area contributed by atoms with E-state index in [2.05, 4.69) is 17.2 Å². The molecular weight excluding hydrogens is 196 g/mol. The summed E-state index contributed by atoms with van der Waals surface area (Å²) >= 11 is 1.69. The zero-order valence-corrected chi connectivity index (χ0v) is 10.3. The molecule has 0 aromatic carbocycles. The summed E-state index contributed by atoms with van der Waals surface area (Å²) in [7, 11) is 1.72. The van der Waals surface area contributed by atoms with E-state index in [-0.39, 0.29) is 5.60 Å². The summed E-state index contributed by atoms with van der Waals surface area (Å²) in [6.45, 7) is 8.98. The molecule has 0 aliphatic rings. The fourth-order valence-electron chi connectivity index (χ4n) is 0.909. The minimum atomic E-state index is -0.145. The Hall–Kier alpha value is -0.610. The van der Waals surface area contributed by atoms with Crippen molar-refractivity contribution >= 4 is 16.5 Å². The molecule has 1 heterocycles. The van der Waals surface area contributed by atoms with Gasteiger partial charge in [-0.3, -0.25) is 0 Å². The molecule has 0 saturated carbocycles. The highest BCUT2D eigenvalue weighted by Crippen LogP contribution is 2.21. The van der Waals surface area contributed by atoms with Crippen LogP contribution in [0, 0.1) is 13.8 Å². The van der Waals surface area contributed by atoms with Gasteiger partial charge < -0.3 is 10.1 Å². The van der Waals surface area contributed by atoms with Gasteiger partial charge >= 0.3 is 0 Å². The Balaban J connectivity index is 2.54. The first-order valence-corrected chi connectivity index (χ1v) is 5.49. The Morgan fingerprint density at radius 3 is 2.50 bits per heavy atom. The van der Waals surface area contributed by atoms with Crippen LogP contribution in [0.3, 0.4) is 0 Å². The first-order valence-electron chi connectivity index (χ1n) is 4.67. The van der Waals surface area contributed by atoms with Gasteiger partial charge in [-0.25, -0.2) is 4.98 Å². The number of rotatable bonds is 4. The molecule has 0 aliphatic carbocycles. The number of aromatic nitrogens is 1. The Labute approximate surface area is 89.5 Å². The maximum atomic E-state index is 5.31. The lowest BCUT2D eigenvalue weighted by molar-refractivity contribution is 0.0344. The lowest BCUT2D eigenvalue weighted by atomic mass is 10.1. The Kier molecular flexibility index (Phi) is 3.50. The van der Waals surface area contributed by atoms with Gasteiger partial charge in [-0.1, -0.05) is 0 Å². The van der Waals surface area contributed by atoms with Gasteiger partial charge in [0.2, 0.25) is 0 Å². The molecule has 1 rings (SSSR count). The molecule has 1 N–H and O–H groups in total. The standard InChI is InChI=1S/C10H18N2OS/c1-7-8(2)14-9(12-7)11-6-10(3,4)13-5/h6H2,1-5H3,(H,11,12). The molecule has 1 aromatic rings. The van der Waals surface area contributed by atoms with Crippen LogP contribution < -0.4 is 5.32 Å². The minimum Gasteiger partial charge on any atom is -0.377 e. The lowest BCUT2D eigenvalue weighted by Crippen LogP contribution is -2.31. The zero-order chi connectivity index (χ0) is 10.8. The number of hydrogen-bond acceptors (Lipinski definition) is 4. The minimum absolute atomic E-state index is 0.145. The topological polar surface area (TPSA) is 34.1 Å². The van der Waals surface area contributed by atoms with Crippen molar-refractivity contribution in [2.24, 2.45) is 0 Å². The van der Waals surface area contributed by atoms with Gasteiger partial charge in [-0.15, -0.1) is 11.3 Å². The molecule has 3 nitrogen and oxygen atoms in total. The van der Waals surface area contributed by atoms with Crippen molar-refractivity contribution < 1.29 is 4.74 Å². The molecule has 4 heteroatoms. The molecule has 1 aromatic heterocycles. The molecule has 0 amide bonds. The van der Waals surface area contributed by atoms with E-state index in [1.165, 1.54) is 4.88 Å². The second-order valence-electron chi connectivity index (χ2n) is 3.98. The Morgan fingerprint density at radius 2 is 2.07 bits per heavy atom. The number of anilines is 1. The van der Waals surface area contributed by atoms with Crippen molar-refractivity contribution in [3.63, 3.8) is 0 Å². The first-order chi connectivity index (χ1) is 6.44. The third-order valence-corrected chi connectivity index (χ3v) is 3.28. The number of aryl methyl sites for hydroxylation is 2. The maximum Gasteiger partial charge on any atom is 0.183 e. The second-order valence-corrected chi connectivity index (χ2v) is 5.18. The lowest BCUT2D eigenvalue weighted by Gasteiger charge is -2.22. The highest BCUT2D eigenvalue weighted by Gasteiger charge is 2.16. The Morgan fingerprint density at radius 1 is 1.43 bits per heavy atom. The summed E-state index contributed by atoms with van der Waals surface area (Å²) in [6.07, 6.45) is 0. The van der Waals surface area contributed by atoms with Gasteiger partial charge in [0.25, 0.3) is 0 Å². The molecular formula is C10H18N2OS. The van der Waals surface area contributed by atoms with E-state index in [1.807, 2.05) is 20.8 Å². The summed E-state index contributed by atoms with van der Waals surface area (Å²) in [5.41, 5.74) is 0.959. The van der Waals surface area contributed by atoms with Crippen molar-refractivity contribution in [3.05, 3.63) is 10.6 Å². The van der Waals surface area contributed by atoms with Gasteiger partial charge in [0, 0.05) is 18.5 Å².